The maximum absolute atomic E-state index is 11.9. The van der Waals surface area contributed by atoms with Gasteiger partial charge in [0.2, 0.25) is 10.0 Å². The summed E-state index contributed by atoms with van der Waals surface area (Å²) < 4.78 is 26.6. The Morgan fingerprint density at radius 3 is 2.65 bits per heavy atom. The minimum Gasteiger partial charge on any atom is -0.366 e. The molecule has 0 atom stereocenters. The molecule has 0 radical (unpaired) electrons. The number of H-pyrrole nitrogens is 1. The molecule has 17 heavy (non-hydrogen) atoms. The van der Waals surface area contributed by atoms with E-state index in [1.54, 1.807) is 12.3 Å². The van der Waals surface area contributed by atoms with E-state index in [-0.39, 0.29) is 5.41 Å². The van der Waals surface area contributed by atoms with Gasteiger partial charge in [-0.25, -0.2) is 13.1 Å². The first-order valence-corrected chi connectivity index (χ1v) is 7.33. The van der Waals surface area contributed by atoms with Crippen molar-refractivity contribution in [2.24, 2.45) is 5.41 Å². The SMILES string of the molecule is CNCC1(CNS(=O)(=O)c2cc[nH]c2)CCC1. The van der Waals surface area contributed by atoms with Gasteiger partial charge in [0.05, 0.1) is 4.90 Å². The molecule has 1 aliphatic carbocycles. The first kappa shape index (κ1) is 12.6. The van der Waals surface area contributed by atoms with Gasteiger partial charge in [-0.1, -0.05) is 6.42 Å². The quantitative estimate of drug-likeness (QED) is 0.701. The van der Waals surface area contributed by atoms with Gasteiger partial charge in [0, 0.05) is 25.5 Å². The smallest absolute Gasteiger partial charge is 0.242 e. The highest BCUT2D eigenvalue weighted by Crippen LogP contribution is 2.39. The first-order valence-electron chi connectivity index (χ1n) is 5.85. The van der Waals surface area contributed by atoms with Gasteiger partial charge in [-0.05, 0) is 31.4 Å². The Bertz CT molecular complexity index is 449. The summed E-state index contributed by atoms with van der Waals surface area (Å²) in [4.78, 5) is 3.06. The number of rotatable bonds is 6. The number of nitrogens with one attached hydrogen (secondary N) is 3. The van der Waals surface area contributed by atoms with Crippen LogP contribution in [0, 0.1) is 5.41 Å². The topological polar surface area (TPSA) is 74.0 Å². The molecular weight excluding hydrogens is 238 g/mol. The summed E-state index contributed by atoms with van der Waals surface area (Å²) in [6.45, 7) is 1.38. The zero-order chi connectivity index (χ0) is 12.4. The van der Waals surface area contributed by atoms with E-state index in [9.17, 15) is 8.42 Å². The summed E-state index contributed by atoms with van der Waals surface area (Å²) in [6.07, 6.45) is 6.47. The predicted molar refractivity (Wildman–Crippen MR) is 66.2 cm³/mol. The molecule has 0 aromatic carbocycles. The van der Waals surface area contributed by atoms with Gasteiger partial charge in [0.15, 0.2) is 0 Å². The molecular formula is C11H19N3O2S. The van der Waals surface area contributed by atoms with Crippen LogP contribution in [0.5, 0.6) is 0 Å². The zero-order valence-corrected chi connectivity index (χ0v) is 10.8. The number of hydrogen-bond acceptors (Lipinski definition) is 3. The maximum atomic E-state index is 11.9. The van der Waals surface area contributed by atoms with Crippen LogP contribution in [0.1, 0.15) is 19.3 Å². The maximum Gasteiger partial charge on any atom is 0.242 e. The fourth-order valence-corrected chi connectivity index (χ4v) is 3.41. The molecule has 3 N–H and O–H groups in total. The largest absolute Gasteiger partial charge is 0.366 e. The van der Waals surface area contributed by atoms with E-state index in [2.05, 4.69) is 15.0 Å². The third kappa shape index (κ3) is 2.70. The van der Waals surface area contributed by atoms with Gasteiger partial charge in [-0.2, -0.15) is 0 Å². The molecule has 1 fully saturated rings. The monoisotopic (exact) mass is 257 g/mol. The van der Waals surface area contributed by atoms with Gasteiger partial charge in [-0.15, -0.1) is 0 Å². The van der Waals surface area contributed by atoms with Crippen LogP contribution in [-0.4, -0.2) is 33.5 Å². The Balaban J connectivity index is 1.98. The first-order chi connectivity index (χ1) is 8.08. The van der Waals surface area contributed by atoms with Crippen molar-refractivity contribution in [3.63, 3.8) is 0 Å². The highest BCUT2D eigenvalue weighted by Gasteiger charge is 2.37. The Morgan fingerprint density at radius 2 is 2.18 bits per heavy atom. The lowest BCUT2D eigenvalue weighted by molar-refractivity contribution is 0.139. The van der Waals surface area contributed by atoms with Crippen molar-refractivity contribution in [1.29, 1.82) is 0 Å². The molecule has 96 valence electrons. The van der Waals surface area contributed by atoms with Crippen molar-refractivity contribution in [3.8, 4) is 0 Å². The van der Waals surface area contributed by atoms with Crippen LogP contribution in [0.25, 0.3) is 0 Å². The molecule has 0 spiro atoms. The van der Waals surface area contributed by atoms with Crippen LogP contribution < -0.4 is 10.0 Å². The van der Waals surface area contributed by atoms with E-state index in [0.717, 1.165) is 19.4 Å². The number of sulfonamides is 1. The van der Waals surface area contributed by atoms with Crippen molar-refractivity contribution < 1.29 is 8.42 Å². The third-order valence-electron chi connectivity index (χ3n) is 3.48. The fourth-order valence-electron chi connectivity index (χ4n) is 2.28. The van der Waals surface area contributed by atoms with Crippen molar-refractivity contribution in [2.75, 3.05) is 20.1 Å². The second kappa shape index (κ2) is 4.80. The van der Waals surface area contributed by atoms with E-state index in [1.807, 2.05) is 7.05 Å². The van der Waals surface area contributed by atoms with Gasteiger partial charge < -0.3 is 10.3 Å². The van der Waals surface area contributed by atoms with E-state index in [1.165, 1.54) is 12.6 Å². The number of aromatic amines is 1. The summed E-state index contributed by atoms with van der Waals surface area (Å²) in [6, 6.07) is 1.56. The molecule has 0 aliphatic heterocycles. The second-order valence-corrected chi connectivity index (χ2v) is 6.52. The lowest BCUT2D eigenvalue weighted by Gasteiger charge is -2.41. The zero-order valence-electron chi connectivity index (χ0n) is 9.99. The molecule has 0 amide bonds. The Morgan fingerprint density at radius 1 is 1.41 bits per heavy atom. The third-order valence-corrected chi connectivity index (χ3v) is 4.88. The highest BCUT2D eigenvalue weighted by molar-refractivity contribution is 7.89. The van der Waals surface area contributed by atoms with Gasteiger partial charge in [-0.3, -0.25) is 0 Å². The van der Waals surface area contributed by atoms with Crippen molar-refractivity contribution >= 4 is 10.0 Å². The standard InChI is InChI=1S/C11H19N3O2S/c1-12-8-11(4-2-5-11)9-14-17(15,16)10-3-6-13-7-10/h3,6-7,12-14H,2,4-5,8-9H2,1H3. The summed E-state index contributed by atoms with van der Waals surface area (Å²) in [7, 11) is -1.45. The molecule has 1 saturated carbocycles. The van der Waals surface area contributed by atoms with E-state index < -0.39 is 10.0 Å². The number of hydrogen-bond donors (Lipinski definition) is 3. The minimum absolute atomic E-state index is 0.109. The Kier molecular flexibility index (Phi) is 3.56. The van der Waals surface area contributed by atoms with Crippen LogP contribution in [-0.2, 0) is 10.0 Å². The van der Waals surface area contributed by atoms with Crippen molar-refractivity contribution in [1.82, 2.24) is 15.0 Å². The van der Waals surface area contributed by atoms with Gasteiger partial charge in [0.1, 0.15) is 0 Å². The lowest BCUT2D eigenvalue weighted by atomic mass is 9.69. The van der Waals surface area contributed by atoms with Crippen LogP contribution in [0.2, 0.25) is 0 Å². The molecule has 1 aromatic rings. The second-order valence-electron chi connectivity index (χ2n) is 4.76. The summed E-state index contributed by atoms with van der Waals surface area (Å²) in [5, 5.41) is 3.14. The predicted octanol–water partition coefficient (Wildman–Crippen LogP) is 0.683. The van der Waals surface area contributed by atoms with Crippen molar-refractivity contribution in [3.05, 3.63) is 18.5 Å². The Labute approximate surface area is 102 Å². The van der Waals surface area contributed by atoms with Crippen LogP contribution in [0.4, 0.5) is 0 Å². The molecule has 2 rings (SSSR count). The molecule has 1 heterocycles. The molecule has 6 heteroatoms. The molecule has 1 aromatic heterocycles. The van der Waals surface area contributed by atoms with E-state index in [0.29, 0.717) is 11.4 Å². The van der Waals surface area contributed by atoms with Crippen LogP contribution in [0.3, 0.4) is 0 Å². The van der Waals surface area contributed by atoms with Crippen LogP contribution in [0.15, 0.2) is 23.4 Å². The lowest BCUT2D eigenvalue weighted by Crippen LogP contribution is -2.47. The molecule has 0 saturated heterocycles. The molecule has 0 bridgehead atoms. The molecule has 5 nitrogen and oxygen atoms in total. The normalized spacial score (nSPS) is 18.9. The number of aromatic nitrogens is 1. The Hall–Kier alpha value is -0.850. The summed E-state index contributed by atoms with van der Waals surface area (Å²) in [5.74, 6) is 0. The average Bonchev–Trinajstić information content (AvgIpc) is 2.75. The highest BCUT2D eigenvalue weighted by atomic mass is 32.2. The molecule has 0 unspecified atom stereocenters. The molecule has 1 aliphatic rings. The minimum atomic E-state index is -3.35. The average molecular weight is 257 g/mol. The van der Waals surface area contributed by atoms with Crippen LogP contribution >= 0.6 is 0 Å². The summed E-state index contributed by atoms with van der Waals surface area (Å²) >= 11 is 0. The van der Waals surface area contributed by atoms with Gasteiger partial charge >= 0.3 is 0 Å². The van der Waals surface area contributed by atoms with E-state index in [4.69, 9.17) is 0 Å². The van der Waals surface area contributed by atoms with Crippen molar-refractivity contribution in [2.45, 2.75) is 24.2 Å². The van der Waals surface area contributed by atoms with E-state index >= 15 is 0 Å². The summed E-state index contributed by atoms with van der Waals surface area (Å²) in [5.41, 5.74) is 0.109. The fraction of sp³-hybridized carbons (Fsp3) is 0.636. The van der Waals surface area contributed by atoms with Gasteiger partial charge in [0.25, 0.3) is 0 Å².